The molecule has 396 valence electrons. The molecule has 8 N–H and O–H groups in total. The Balaban J connectivity index is 1.23. The van der Waals surface area contributed by atoms with Crippen LogP contribution in [0.3, 0.4) is 0 Å². The topological polar surface area (TPSA) is 239 Å². The lowest BCUT2D eigenvalue weighted by atomic mass is 9.85. The predicted molar refractivity (Wildman–Crippen MR) is 276 cm³/mol. The van der Waals surface area contributed by atoms with Crippen LogP contribution in [0.15, 0.2) is 48.5 Å². The van der Waals surface area contributed by atoms with E-state index >= 15 is 0 Å². The summed E-state index contributed by atoms with van der Waals surface area (Å²) in [7, 11) is 3.31. The van der Waals surface area contributed by atoms with Crippen molar-refractivity contribution in [3.05, 3.63) is 70.8 Å². The van der Waals surface area contributed by atoms with Crippen LogP contribution in [-0.4, -0.2) is 140 Å². The number of amides is 8. The Kier molecular flexibility index (Phi) is 20.3. The van der Waals surface area contributed by atoms with Gasteiger partial charge in [-0.2, -0.15) is 0 Å². The summed E-state index contributed by atoms with van der Waals surface area (Å²) in [5, 5.41) is 23.6. The van der Waals surface area contributed by atoms with Crippen molar-refractivity contribution in [2.24, 2.45) is 10.8 Å². The molecule has 2 aromatic carbocycles. The number of hydrogen-bond donors (Lipinski definition) is 8. The highest BCUT2D eigenvalue weighted by atomic mass is 16.2. The molecule has 2 unspecified atom stereocenters. The van der Waals surface area contributed by atoms with Crippen molar-refractivity contribution in [2.75, 3.05) is 40.3 Å². The highest BCUT2D eigenvalue weighted by Gasteiger charge is 2.46. The van der Waals surface area contributed by atoms with Crippen molar-refractivity contribution in [3.63, 3.8) is 0 Å². The number of carbonyl (C=O) groups is 8. The van der Waals surface area contributed by atoms with E-state index in [-0.39, 0.29) is 66.7 Å². The average Bonchev–Trinajstić information content (AvgIpc) is 3.79. The highest BCUT2D eigenvalue weighted by molar-refractivity contribution is 6.00. The second-order valence-corrected chi connectivity index (χ2v) is 22.0. The molecule has 0 aromatic heterocycles. The second kappa shape index (κ2) is 25.7. The molecular weight excluding hydrogens is 917 g/mol. The molecule has 8 atom stereocenters. The van der Waals surface area contributed by atoms with E-state index in [4.69, 9.17) is 0 Å². The molecule has 0 bridgehead atoms. The van der Waals surface area contributed by atoms with Gasteiger partial charge in [-0.3, -0.25) is 38.4 Å². The van der Waals surface area contributed by atoms with E-state index in [0.29, 0.717) is 25.9 Å². The number of nitrogens with zero attached hydrogens (tertiary/aromatic N) is 2. The Hall–Kier alpha value is -5.88. The minimum absolute atomic E-state index is 0.0166. The fourth-order valence-electron chi connectivity index (χ4n) is 9.55. The number of hydrogen-bond acceptors (Lipinski definition) is 10. The van der Waals surface area contributed by atoms with Crippen molar-refractivity contribution in [1.29, 1.82) is 0 Å². The number of carbonyl (C=O) groups excluding carboxylic acids is 8. The Labute approximate surface area is 426 Å². The fraction of sp³-hybridized carbons (Fsp3) is 0.630. The van der Waals surface area contributed by atoms with Crippen LogP contribution in [0, 0.1) is 10.8 Å². The molecule has 0 saturated carbocycles. The van der Waals surface area contributed by atoms with Crippen molar-refractivity contribution >= 4 is 47.3 Å². The van der Waals surface area contributed by atoms with Gasteiger partial charge in [0.1, 0.15) is 24.2 Å². The minimum atomic E-state index is -0.975. The van der Waals surface area contributed by atoms with Crippen LogP contribution in [-0.2, 0) is 35.2 Å². The summed E-state index contributed by atoms with van der Waals surface area (Å²) >= 11 is 0. The number of piperidine rings is 1. The molecule has 8 amide bonds. The summed E-state index contributed by atoms with van der Waals surface area (Å²) in [6.07, 6.45) is 6.76. The maximum absolute atomic E-state index is 14.6. The standard InChI is InChI=1S/C54H82N10O8/c1-33(55-9)45(65)60-41(49(69)62-43(53(3,4)5)51(71)63-28-16-11-17-29-63)25-14-15-27-57-47(67)36-22-18-23-37(30-36)48(68)58-38-31-42(50(70)59-40-26-19-21-35-20-12-13-24-39(35)40)64(32-38)52(72)44(54(6,7)8)61-46(66)34(2)56-10/h12-13,18,20,22-24,30,33-34,38,40-44,55-56H,11,14-17,19,21,25-29,31-32H2,1-10H3,(H,57,67)(H,58,68)(H,59,70)(H,60,65)(H,61,66)(H,62,69)/t33-,34-,38-,40+,41-,42-,43?,44?/m0/s1. The average molecular weight is 999 g/mol. The Morgan fingerprint density at radius 2 is 1.26 bits per heavy atom. The summed E-state index contributed by atoms with van der Waals surface area (Å²) in [5.41, 5.74) is 1.36. The quantitative estimate of drug-likeness (QED) is 0.0902. The molecule has 18 heteroatoms. The lowest BCUT2D eigenvalue weighted by molar-refractivity contribution is -0.144. The lowest BCUT2D eigenvalue weighted by Crippen LogP contribution is -2.59. The number of fused-ring (bicyclic) bond motifs is 1. The van der Waals surface area contributed by atoms with Gasteiger partial charge in [-0.05, 0) is 132 Å². The Morgan fingerprint density at radius 3 is 1.90 bits per heavy atom. The molecule has 2 heterocycles. The van der Waals surface area contributed by atoms with Crippen LogP contribution in [0.25, 0.3) is 0 Å². The van der Waals surface area contributed by atoms with E-state index in [0.717, 1.165) is 44.1 Å². The normalized spacial score (nSPS) is 20.1. The zero-order chi connectivity index (χ0) is 52.9. The third kappa shape index (κ3) is 15.3. The van der Waals surface area contributed by atoms with E-state index in [9.17, 15) is 38.4 Å². The first-order chi connectivity index (χ1) is 34.0. The SMILES string of the molecule is CN[C@@H](C)C(=O)NC(C(=O)N1C[C@@H](NC(=O)c2cccc(C(=O)NCCCC[C@H](NC(=O)[C@H](C)NC)C(=O)NC(C(=O)N3CCCCC3)C(C)(C)C)c2)C[C@H]1C(=O)N[C@@H]1CCCc2ccccc21)C(C)(C)C. The van der Waals surface area contributed by atoms with Crippen LogP contribution in [0.1, 0.15) is 151 Å². The van der Waals surface area contributed by atoms with E-state index in [1.165, 1.54) is 16.5 Å². The number of rotatable bonds is 20. The van der Waals surface area contributed by atoms with E-state index in [2.05, 4.69) is 48.6 Å². The van der Waals surface area contributed by atoms with E-state index in [1.54, 1.807) is 46.1 Å². The van der Waals surface area contributed by atoms with Gasteiger partial charge in [0.2, 0.25) is 35.4 Å². The third-order valence-electron chi connectivity index (χ3n) is 14.3. The van der Waals surface area contributed by atoms with Gasteiger partial charge in [-0.15, -0.1) is 0 Å². The van der Waals surface area contributed by atoms with Gasteiger partial charge in [0.15, 0.2) is 0 Å². The van der Waals surface area contributed by atoms with Gasteiger partial charge in [-0.25, -0.2) is 0 Å². The molecule has 18 nitrogen and oxygen atoms in total. The van der Waals surface area contributed by atoms with Crippen LogP contribution < -0.4 is 42.5 Å². The largest absolute Gasteiger partial charge is 0.352 e. The lowest BCUT2D eigenvalue weighted by Gasteiger charge is -2.37. The van der Waals surface area contributed by atoms with Gasteiger partial charge in [0.05, 0.1) is 18.1 Å². The van der Waals surface area contributed by atoms with Gasteiger partial charge in [0, 0.05) is 43.3 Å². The summed E-state index contributed by atoms with van der Waals surface area (Å²) in [5.74, 6) is -2.98. The molecule has 2 fully saturated rings. The first-order valence-electron chi connectivity index (χ1n) is 26.0. The third-order valence-corrected chi connectivity index (χ3v) is 14.3. The van der Waals surface area contributed by atoms with Gasteiger partial charge >= 0.3 is 0 Å². The maximum Gasteiger partial charge on any atom is 0.251 e. The molecular formula is C54H82N10O8. The molecule has 2 aliphatic heterocycles. The molecule has 2 saturated heterocycles. The summed E-state index contributed by atoms with van der Waals surface area (Å²) < 4.78 is 0. The van der Waals surface area contributed by atoms with Crippen molar-refractivity contribution < 1.29 is 38.4 Å². The molecule has 3 aliphatic rings. The second-order valence-electron chi connectivity index (χ2n) is 22.0. The number of unbranched alkanes of at least 4 members (excludes halogenated alkanes) is 1. The summed E-state index contributed by atoms with van der Waals surface area (Å²) in [6.45, 7) is 16.2. The van der Waals surface area contributed by atoms with Gasteiger partial charge in [0.25, 0.3) is 11.8 Å². The van der Waals surface area contributed by atoms with Crippen LogP contribution >= 0.6 is 0 Å². The Morgan fingerprint density at radius 1 is 0.667 bits per heavy atom. The molecule has 5 rings (SSSR count). The minimum Gasteiger partial charge on any atom is -0.352 e. The van der Waals surface area contributed by atoms with Crippen LogP contribution in [0.5, 0.6) is 0 Å². The van der Waals surface area contributed by atoms with Crippen LogP contribution in [0.2, 0.25) is 0 Å². The van der Waals surface area contributed by atoms with Crippen molar-refractivity contribution in [3.8, 4) is 0 Å². The van der Waals surface area contributed by atoms with Crippen molar-refractivity contribution in [1.82, 2.24) is 52.3 Å². The number of likely N-dealkylation sites (tertiary alicyclic amines) is 2. The first-order valence-corrected chi connectivity index (χ1v) is 26.0. The zero-order valence-electron chi connectivity index (χ0n) is 44.3. The zero-order valence-corrected chi connectivity index (χ0v) is 44.3. The summed E-state index contributed by atoms with van der Waals surface area (Å²) in [6, 6.07) is 8.65. The maximum atomic E-state index is 14.6. The molecule has 1 aliphatic carbocycles. The highest BCUT2D eigenvalue weighted by Crippen LogP contribution is 2.32. The van der Waals surface area contributed by atoms with Crippen molar-refractivity contribution in [2.45, 2.75) is 168 Å². The molecule has 0 radical (unpaired) electrons. The Bertz CT molecular complexity index is 2250. The van der Waals surface area contributed by atoms with E-state index in [1.807, 2.05) is 64.6 Å². The van der Waals surface area contributed by atoms with Gasteiger partial charge in [-0.1, -0.05) is 71.9 Å². The smallest absolute Gasteiger partial charge is 0.251 e. The van der Waals surface area contributed by atoms with Gasteiger partial charge < -0.3 is 52.3 Å². The molecule has 72 heavy (non-hydrogen) atoms. The number of benzene rings is 2. The molecule has 2 aromatic rings. The number of aryl methyl sites for hydroxylation is 1. The number of likely N-dealkylation sites (N-methyl/N-ethyl adjacent to an activating group) is 2. The number of nitrogens with one attached hydrogen (secondary N) is 8. The van der Waals surface area contributed by atoms with E-state index < -0.39 is 76.8 Å². The molecule has 0 spiro atoms. The first kappa shape index (κ1) is 57.0. The summed E-state index contributed by atoms with van der Waals surface area (Å²) in [4.78, 5) is 113. The van der Waals surface area contributed by atoms with Crippen LogP contribution in [0.4, 0.5) is 0 Å². The fourth-order valence-corrected chi connectivity index (χ4v) is 9.55. The monoisotopic (exact) mass is 999 g/mol. The predicted octanol–water partition coefficient (Wildman–Crippen LogP) is 3.25.